The lowest BCUT2D eigenvalue weighted by atomic mass is 10.1. The minimum atomic E-state index is -0.527. The van der Waals surface area contributed by atoms with E-state index in [0.717, 1.165) is 25.0 Å². The highest BCUT2D eigenvalue weighted by Crippen LogP contribution is 2.13. The van der Waals surface area contributed by atoms with Crippen molar-refractivity contribution >= 4 is 5.91 Å². The zero-order chi connectivity index (χ0) is 14.4. The number of hydrogen-bond acceptors (Lipinski definition) is 4. The van der Waals surface area contributed by atoms with Crippen LogP contribution in [0, 0.1) is 5.92 Å². The molecule has 1 heterocycles. The largest absolute Gasteiger partial charge is 0.393 e. The summed E-state index contributed by atoms with van der Waals surface area (Å²) >= 11 is 0. The number of aromatic nitrogens is 3. The number of nitrogens with two attached hydrogens (primary N) is 1. The predicted molar refractivity (Wildman–Crippen MR) is 72.6 cm³/mol. The molecule has 0 bridgehead atoms. The number of rotatable bonds is 8. The molecule has 108 valence electrons. The maximum atomic E-state index is 11.3. The van der Waals surface area contributed by atoms with Gasteiger partial charge in [0.05, 0.1) is 11.8 Å². The monoisotopic (exact) mass is 268 g/mol. The van der Waals surface area contributed by atoms with E-state index in [2.05, 4.69) is 24.2 Å². The molecule has 0 saturated carbocycles. The van der Waals surface area contributed by atoms with Crippen molar-refractivity contribution in [2.45, 2.75) is 59.1 Å². The summed E-state index contributed by atoms with van der Waals surface area (Å²) in [6, 6.07) is 0. The quantitative estimate of drug-likeness (QED) is 0.739. The molecule has 0 aromatic carbocycles. The van der Waals surface area contributed by atoms with Gasteiger partial charge in [0.15, 0.2) is 5.69 Å². The zero-order valence-electron chi connectivity index (χ0n) is 12.0. The third kappa shape index (κ3) is 4.98. The summed E-state index contributed by atoms with van der Waals surface area (Å²) in [5.41, 5.74) is 6.40. The van der Waals surface area contributed by atoms with Gasteiger partial charge in [-0.15, -0.1) is 5.10 Å². The topological polar surface area (TPSA) is 94.0 Å². The maximum Gasteiger partial charge on any atom is 0.271 e. The van der Waals surface area contributed by atoms with Crippen molar-refractivity contribution in [3.05, 3.63) is 11.4 Å². The Labute approximate surface area is 114 Å². The maximum absolute atomic E-state index is 11.3. The minimum Gasteiger partial charge on any atom is -0.393 e. The molecular weight excluding hydrogens is 244 g/mol. The van der Waals surface area contributed by atoms with Crippen LogP contribution in [0.4, 0.5) is 0 Å². The number of hydrogen-bond donors (Lipinski definition) is 2. The van der Waals surface area contributed by atoms with Crippen LogP contribution < -0.4 is 5.73 Å². The van der Waals surface area contributed by atoms with Crippen molar-refractivity contribution < 1.29 is 9.90 Å². The second-order valence-corrected chi connectivity index (χ2v) is 5.40. The standard InChI is InChI=1S/C13H24N4O2/c1-9(2)6-7-11-12(13(14)19)15-16-17(11)8-4-5-10(3)18/h9-10,18H,4-8H2,1-3H3,(H2,14,19). The highest BCUT2D eigenvalue weighted by molar-refractivity contribution is 5.91. The van der Waals surface area contributed by atoms with E-state index in [0.29, 0.717) is 18.9 Å². The summed E-state index contributed by atoms with van der Waals surface area (Å²) in [6.07, 6.45) is 2.89. The van der Waals surface area contributed by atoms with E-state index in [1.54, 1.807) is 11.6 Å². The Morgan fingerprint density at radius 3 is 2.58 bits per heavy atom. The van der Waals surface area contributed by atoms with Crippen LogP contribution >= 0.6 is 0 Å². The molecule has 0 aliphatic rings. The van der Waals surface area contributed by atoms with E-state index in [4.69, 9.17) is 5.73 Å². The van der Waals surface area contributed by atoms with E-state index >= 15 is 0 Å². The molecule has 1 amide bonds. The summed E-state index contributed by atoms with van der Waals surface area (Å²) in [5.74, 6) is 0.0158. The molecule has 1 unspecified atom stereocenters. The Morgan fingerprint density at radius 2 is 2.05 bits per heavy atom. The summed E-state index contributed by atoms with van der Waals surface area (Å²) < 4.78 is 1.74. The molecule has 0 spiro atoms. The van der Waals surface area contributed by atoms with Crippen LogP contribution in [0.5, 0.6) is 0 Å². The molecule has 0 aliphatic heterocycles. The Hall–Kier alpha value is -1.43. The lowest BCUT2D eigenvalue weighted by molar-refractivity contribution is 0.0994. The molecule has 0 saturated heterocycles. The molecule has 1 aromatic rings. The van der Waals surface area contributed by atoms with Gasteiger partial charge in [0.1, 0.15) is 0 Å². The number of carbonyl (C=O) groups is 1. The van der Waals surface area contributed by atoms with E-state index in [-0.39, 0.29) is 11.8 Å². The van der Waals surface area contributed by atoms with Crippen molar-refractivity contribution in [3.8, 4) is 0 Å². The summed E-state index contributed by atoms with van der Waals surface area (Å²) in [5, 5.41) is 17.1. The molecule has 0 radical (unpaired) electrons. The SMILES string of the molecule is CC(C)CCc1c(C(N)=O)nnn1CCCC(C)O. The van der Waals surface area contributed by atoms with Crippen molar-refractivity contribution in [2.75, 3.05) is 0 Å². The van der Waals surface area contributed by atoms with Gasteiger partial charge in [-0.2, -0.15) is 0 Å². The number of nitrogens with zero attached hydrogens (tertiary/aromatic N) is 3. The Bertz CT molecular complexity index is 413. The normalized spacial score (nSPS) is 12.9. The molecule has 19 heavy (non-hydrogen) atoms. The molecule has 1 rings (SSSR count). The van der Waals surface area contributed by atoms with Crippen LogP contribution in [0.15, 0.2) is 0 Å². The first kappa shape index (κ1) is 15.6. The molecule has 1 atom stereocenters. The first-order valence-corrected chi connectivity index (χ1v) is 6.82. The van der Waals surface area contributed by atoms with Gasteiger partial charge >= 0.3 is 0 Å². The lowest BCUT2D eigenvalue weighted by Crippen LogP contribution is -2.16. The fraction of sp³-hybridized carbons (Fsp3) is 0.769. The fourth-order valence-electron chi connectivity index (χ4n) is 1.91. The molecular formula is C13H24N4O2. The van der Waals surface area contributed by atoms with E-state index in [1.807, 2.05) is 0 Å². The van der Waals surface area contributed by atoms with Crippen LogP contribution in [0.2, 0.25) is 0 Å². The van der Waals surface area contributed by atoms with Crippen molar-refractivity contribution in [1.29, 1.82) is 0 Å². The Morgan fingerprint density at radius 1 is 1.37 bits per heavy atom. The molecule has 6 nitrogen and oxygen atoms in total. The smallest absolute Gasteiger partial charge is 0.271 e. The number of carbonyl (C=O) groups excluding carboxylic acids is 1. The van der Waals surface area contributed by atoms with E-state index in [9.17, 15) is 9.90 Å². The summed E-state index contributed by atoms with van der Waals surface area (Å²) in [6.45, 7) is 6.67. The number of primary amides is 1. The van der Waals surface area contributed by atoms with Crippen molar-refractivity contribution in [1.82, 2.24) is 15.0 Å². The third-order valence-corrected chi connectivity index (χ3v) is 3.02. The highest BCUT2D eigenvalue weighted by Gasteiger charge is 2.17. The van der Waals surface area contributed by atoms with Crippen molar-refractivity contribution in [3.63, 3.8) is 0 Å². The van der Waals surface area contributed by atoms with Crippen LogP contribution in [-0.4, -0.2) is 32.1 Å². The molecule has 0 aliphatic carbocycles. The number of amides is 1. The highest BCUT2D eigenvalue weighted by atomic mass is 16.3. The fourth-order valence-corrected chi connectivity index (χ4v) is 1.91. The average molecular weight is 268 g/mol. The molecule has 3 N–H and O–H groups in total. The summed E-state index contributed by atoms with van der Waals surface area (Å²) in [7, 11) is 0. The van der Waals surface area contributed by atoms with E-state index < -0.39 is 5.91 Å². The van der Waals surface area contributed by atoms with Crippen LogP contribution in [0.25, 0.3) is 0 Å². The van der Waals surface area contributed by atoms with Crippen molar-refractivity contribution in [2.24, 2.45) is 11.7 Å². The Kier molecular flexibility index (Phi) is 5.95. The number of aryl methyl sites for hydroxylation is 1. The third-order valence-electron chi connectivity index (χ3n) is 3.02. The molecule has 6 heteroatoms. The Balaban J connectivity index is 2.75. The molecule has 1 aromatic heterocycles. The first-order chi connectivity index (χ1) is 8.91. The lowest BCUT2D eigenvalue weighted by Gasteiger charge is -2.09. The van der Waals surface area contributed by atoms with Gasteiger partial charge in [-0.25, -0.2) is 4.68 Å². The predicted octanol–water partition coefficient (Wildman–Crippen LogP) is 1.13. The van der Waals surface area contributed by atoms with Gasteiger partial charge in [-0.3, -0.25) is 4.79 Å². The van der Waals surface area contributed by atoms with Crippen LogP contribution in [0.1, 0.15) is 56.2 Å². The van der Waals surface area contributed by atoms with Crippen LogP contribution in [0.3, 0.4) is 0 Å². The first-order valence-electron chi connectivity index (χ1n) is 6.82. The summed E-state index contributed by atoms with van der Waals surface area (Å²) in [4.78, 5) is 11.3. The van der Waals surface area contributed by atoms with E-state index in [1.165, 1.54) is 0 Å². The average Bonchev–Trinajstić information content (AvgIpc) is 2.69. The minimum absolute atomic E-state index is 0.276. The second-order valence-electron chi connectivity index (χ2n) is 5.40. The van der Waals surface area contributed by atoms with Gasteiger partial charge in [-0.1, -0.05) is 19.1 Å². The van der Waals surface area contributed by atoms with Crippen LogP contribution in [-0.2, 0) is 13.0 Å². The van der Waals surface area contributed by atoms with Gasteiger partial charge in [0.25, 0.3) is 5.91 Å². The second kappa shape index (κ2) is 7.23. The van der Waals surface area contributed by atoms with Gasteiger partial charge in [-0.05, 0) is 38.5 Å². The van der Waals surface area contributed by atoms with Gasteiger partial charge in [0.2, 0.25) is 0 Å². The van der Waals surface area contributed by atoms with Gasteiger partial charge < -0.3 is 10.8 Å². The zero-order valence-corrected chi connectivity index (χ0v) is 12.0. The molecule has 0 fully saturated rings. The number of aliphatic hydroxyl groups excluding tert-OH is 1. The number of aliphatic hydroxyl groups is 1. The van der Waals surface area contributed by atoms with Gasteiger partial charge in [0, 0.05) is 6.54 Å².